The van der Waals surface area contributed by atoms with E-state index in [1.165, 1.54) is 0 Å². The third-order valence-corrected chi connectivity index (χ3v) is 5.06. The van der Waals surface area contributed by atoms with Crippen molar-refractivity contribution in [3.8, 4) is 6.07 Å². The maximum Gasteiger partial charge on any atom is 0.0993 e. The molecule has 3 rings (SSSR count). The first kappa shape index (κ1) is 14.6. The average molecular weight is 363 g/mol. The third kappa shape index (κ3) is 2.48. The molecule has 1 atom stereocenters. The predicted octanol–water partition coefficient (Wildman–Crippen LogP) is 4.44. The van der Waals surface area contributed by atoms with Gasteiger partial charge in [-0.1, -0.05) is 57.9 Å². The van der Waals surface area contributed by atoms with E-state index >= 15 is 0 Å². The number of fused-ring (bicyclic) bond motifs is 1. The van der Waals surface area contributed by atoms with Crippen LogP contribution in [0.5, 0.6) is 0 Å². The molecule has 106 valence electrons. The first-order chi connectivity index (χ1) is 10.1. The Labute approximate surface area is 137 Å². The summed E-state index contributed by atoms with van der Waals surface area (Å²) in [5, 5.41) is 21.1. The van der Waals surface area contributed by atoms with E-state index in [0.717, 1.165) is 15.6 Å². The van der Waals surface area contributed by atoms with Crippen LogP contribution in [-0.4, -0.2) is 5.11 Å². The molecule has 0 aromatic heterocycles. The minimum absolute atomic E-state index is 0.565. The van der Waals surface area contributed by atoms with Crippen molar-refractivity contribution in [3.05, 3.63) is 68.7 Å². The van der Waals surface area contributed by atoms with Gasteiger partial charge in [-0.05, 0) is 41.7 Å². The molecular weight excluding hydrogens is 350 g/mol. The third-order valence-electron chi connectivity index (χ3n) is 4.13. The molecule has 0 spiro atoms. The summed E-state index contributed by atoms with van der Waals surface area (Å²) in [6.07, 6.45) is 0.271. The fourth-order valence-corrected chi connectivity index (χ4v) is 3.90. The lowest BCUT2D eigenvalue weighted by atomic mass is 9.77. The lowest BCUT2D eigenvalue weighted by Gasteiger charge is -2.28. The van der Waals surface area contributed by atoms with Crippen LogP contribution in [0.4, 0.5) is 0 Å². The van der Waals surface area contributed by atoms with Crippen LogP contribution in [0, 0.1) is 16.7 Å². The second-order valence-electron chi connectivity index (χ2n) is 5.46. The summed E-state index contributed by atoms with van der Waals surface area (Å²) in [5.41, 5.74) is 2.17. The normalized spacial score (nSPS) is 17.0. The molecule has 1 aliphatic carbocycles. The van der Waals surface area contributed by atoms with Crippen molar-refractivity contribution < 1.29 is 5.11 Å². The standard InChI is InChI=1S/C17H13BrClNO/c18-15-7-13(19)5-6-14(15)16(21)17(10-20)8-11-3-1-2-4-12(11)9-17/h1-7,16,21H,8-9H2. The average Bonchev–Trinajstić information content (AvgIpc) is 2.86. The Bertz CT molecular complexity index is 713. The van der Waals surface area contributed by atoms with Crippen LogP contribution in [0.1, 0.15) is 22.8 Å². The summed E-state index contributed by atoms with van der Waals surface area (Å²) in [5.74, 6) is 0. The number of nitrogens with zero attached hydrogens (tertiary/aromatic N) is 1. The first-order valence-electron chi connectivity index (χ1n) is 6.67. The van der Waals surface area contributed by atoms with Gasteiger partial charge < -0.3 is 5.11 Å². The van der Waals surface area contributed by atoms with Gasteiger partial charge >= 0.3 is 0 Å². The summed E-state index contributed by atoms with van der Waals surface area (Å²) in [4.78, 5) is 0. The Kier molecular flexibility index (Phi) is 3.79. The Balaban J connectivity index is 2.00. The molecule has 0 amide bonds. The van der Waals surface area contributed by atoms with Crippen LogP contribution >= 0.6 is 27.5 Å². The molecule has 2 aromatic carbocycles. The fraction of sp³-hybridized carbons (Fsp3) is 0.235. The summed E-state index contributed by atoms with van der Waals surface area (Å²) >= 11 is 9.38. The number of nitriles is 1. The Morgan fingerprint density at radius 2 is 1.81 bits per heavy atom. The van der Waals surface area contributed by atoms with Crippen molar-refractivity contribution in [3.63, 3.8) is 0 Å². The molecule has 0 aliphatic heterocycles. The molecule has 0 radical (unpaired) electrons. The molecule has 4 heteroatoms. The van der Waals surface area contributed by atoms with E-state index in [-0.39, 0.29) is 0 Å². The molecule has 0 heterocycles. The van der Waals surface area contributed by atoms with E-state index in [9.17, 15) is 10.4 Å². The van der Waals surface area contributed by atoms with Crippen molar-refractivity contribution in [2.45, 2.75) is 18.9 Å². The lowest BCUT2D eigenvalue weighted by Crippen LogP contribution is -2.28. The van der Waals surface area contributed by atoms with Gasteiger partial charge in [0.25, 0.3) is 0 Å². The van der Waals surface area contributed by atoms with Gasteiger partial charge in [0.1, 0.15) is 0 Å². The largest absolute Gasteiger partial charge is 0.387 e. The van der Waals surface area contributed by atoms with Crippen LogP contribution in [0.15, 0.2) is 46.9 Å². The summed E-state index contributed by atoms with van der Waals surface area (Å²) in [6.45, 7) is 0. The summed E-state index contributed by atoms with van der Waals surface area (Å²) < 4.78 is 0.730. The monoisotopic (exact) mass is 361 g/mol. The Hall–Kier alpha value is -1.34. The number of benzene rings is 2. The first-order valence-corrected chi connectivity index (χ1v) is 7.84. The lowest BCUT2D eigenvalue weighted by molar-refractivity contribution is 0.0687. The van der Waals surface area contributed by atoms with Gasteiger partial charge in [0, 0.05) is 9.50 Å². The highest BCUT2D eigenvalue weighted by Crippen LogP contribution is 2.47. The molecule has 1 unspecified atom stereocenters. The van der Waals surface area contributed by atoms with Crippen molar-refractivity contribution in [1.29, 1.82) is 5.26 Å². The number of aliphatic hydroxyl groups excluding tert-OH is 1. The minimum atomic E-state index is -0.860. The van der Waals surface area contributed by atoms with Crippen LogP contribution in [0.3, 0.4) is 0 Å². The maximum absolute atomic E-state index is 10.8. The van der Waals surface area contributed by atoms with Crippen LogP contribution in [0.2, 0.25) is 5.02 Å². The SMILES string of the molecule is N#CC1(C(O)c2ccc(Cl)cc2Br)Cc2ccccc2C1. The predicted molar refractivity (Wildman–Crippen MR) is 86.0 cm³/mol. The molecule has 2 nitrogen and oxygen atoms in total. The van der Waals surface area contributed by atoms with Gasteiger partial charge in [0.05, 0.1) is 17.6 Å². The molecule has 2 aromatic rings. The van der Waals surface area contributed by atoms with E-state index in [1.54, 1.807) is 18.2 Å². The molecule has 1 aliphatic rings. The fourth-order valence-electron chi connectivity index (χ4n) is 3.00. The second kappa shape index (κ2) is 5.46. The molecule has 0 fully saturated rings. The molecular formula is C17H13BrClNO. The molecule has 0 saturated heterocycles. The highest BCUT2D eigenvalue weighted by Gasteiger charge is 2.44. The van der Waals surface area contributed by atoms with Crippen molar-refractivity contribution >= 4 is 27.5 Å². The quantitative estimate of drug-likeness (QED) is 0.858. The summed E-state index contributed by atoms with van der Waals surface area (Å²) in [7, 11) is 0. The van der Waals surface area contributed by atoms with Crippen LogP contribution < -0.4 is 0 Å². The Morgan fingerprint density at radius 3 is 2.33 bits per heavy atom. The van der Waals surface area contributed by atoms with E-state index in [2.05, 4.69) is 22.0 Å². The van der Waals surface area contributed by atoms with E-state index in [1.807, 2.05) is 24.3 Å². The van der Waals surface area contributed by atoms with Crippen molar-refractivity contribution in [1.82, 2.24) is 0 Å². The smallest absolute Gasteiger partial charge is 0.0993 e. The van der Waals surface area contributed by atoms with E-state index < -0.39 is 11.5 Å². The van der Waals surface area contributed by atoms with Gasteiger partial charge in [-0.2, -0.15) is 5.26 Å². The number of aliphatic hydroxyl groups is 1. The van der Waals surface area contributed by atoms with Gasteiger partial charge in [-0.3, -0.25) is 0 Å². The molecule has 1 N–H and O–H groups in total. The van der Waals surface area contributed by atoms with Crippen LogP contribution in [0.25, 0.3) is 0 Å². The van der Waals surface area contributed by atoms with Crippen molar-refractivity contribution in [2.24, 2.45) is 5.41 Å². The molecule has 0 bridgehead atoms. The zero-order valence-electron chi connectivity index (χ0n) is 11.2. The number of halogens is 2. The molecule has 0 saturated carbocycles. The Morgan fingerprint density at radius 1 is 1.19 bits per heavy atom. The van der Waals surface area contributed by atoms with Crippen molar-refractivity contribution in [2.75, 3.05) is 0 Å². The number of hydrogen-bond acceptors (Lipinski definition) is 2. The maximum atomic E-state index is 10.8. The van der Waals surface area contributed by atoms with Gasteiger partial charge in [-0.25, -0.2) is 0 Å². The zero-order valence-corrected chi connectivity index (χ0v) is 13.5. The number of hydrogen-bond donors (Lipinski definition) is 1. The van der Waals surface area contributed by atoms with E-state index in [0.29, 0.717) is 23.4 Å². The van der Waals surface area contributed by atoms with E-state index in [4.69, 9.17) is 11.6 Å². The summed E-state index contributed by atoms with van der Waals surface area (Å²) in [6, 6.07) is 15.6. The topological polar surface area (TPSA) is 44.0 Å². The number of rotatable bonds is 2. The van der Waals surface area contributed by atoms with Gasteiger partial charge in [0.15, 0.2) is 0 Å². The highest BCUT2D eigenvalue weighted by molar-refractivity contribution is 9.10. The minimum Gasteiger partial charge on any atom is -0.387 e. The zero-order chi connectivity index (χ0) is 15.0. The van der Waals surface area contributed by atoms with Gasteiger partial charge in [0.2, 0.25) is 0 Å². The second-order valence-corrected chi connectivity index (χ2v) is 6.75. The highest BCUT2D eigenvalue weighted by atomic mass is 79.9. The van der Waals surface area contributed by atoms with Gasteiger partial charge in [-0.15, -0.1) is 0 Å². The van der Waals surface area contributed by atoms with Crippen LogP contribution in [-0.2, 0) is 12.8 Å². The molecule has 21 heavy (non-hydrogen) atoms.